The molecule has 0 saturated heterocycles. The molecule has 3 N–H and O–H groups in total. The summed E-state index contributed by atoms with van der Waals surface area (Å²) >= 11 is 0. The lowest BCUT2D eigenvalue weighted by atomic mass is 9.69. The third-order valence-electron chi connectivity index (χ3n) is 4.27. The Bertz CT molecular complexity index is 294. The van der Waals surface area contributed by atoms with Gasteiger partial charge in [-0.1, -0.05) is 47.5 Å². The van der Waals surface area contributed by atoms with Gasteiger partial charge < -0.3 is 11.1 Å². The van der Waals surface area contributed by atoms with Crippen molar-refractivity contribution in [3.63, 3.8) is 0 Å². The minimum absolute atomic E-state index is 0.0369. The highest BCUT2D eigenvalue weighted by Gasteiger charge is 2.35. The van der Waals surface area contributed by atoms with Crippen molar-refractivity contribution in [1.82, 2.24) is 5.32 Å². The van der Waals surface area contributed by atoms with Crippen molar-refractivity contribution in [3.8, 4) is 0 Å². The Kier molecular flexibility index (Phi) is 5.84. The van der Waals surface area contributed by atoms with E-state index in [9.17, 15) is 4.79 Å². The number of amides is 1. The van der Waals surface area contributed by atoms with Crippen molar-refractivity contribution < 1.29 is 4.79 Å². The summed E-state index contributed by atoms with van der Waals surface area (Å²) in [5.74, 6) is 1.07. The molecule has 0 aliphatic heterocycles. The average Bonchev–Trinajstić information content (AvgIpc) is 2.27. The van der Waals surface area contributed by atoms with Crippen molar-refractivity contribution in [2.45, 2.75) is 78.8 Å². The first-order valence-electron chi connectivity index (χ1n) is 7.77. The SMILES string of the molecule is CC(C)C[C@@H](N)C(=O)NC1CCCCC1C(C)(C)C. The van der Waals surface area contributed by atoms with Crippen LogP contribution in [0.5, 0.6) is 0 Å². The van der Waals surface area contributed by atoms with Crippen LogP contribution in [0.3, 0.4) is 0 Å². The van der Waals surface area contributed by atoms with Crippen molar-refractivity contribution in [2.75, 3.05) is 0 Å². The smallest absolute Gasteiger partial charge is 0.237 e. The van der Waals surface area contributed by atoms with Gasteiger partial charge in [-0.3, -0.25) is 4.79 Å². The predicted octanol–water partition coefficient (Wildman–Crippen LogP) is 3.08. The lowest BCUT2D eigenvalue weighted by Crippen LogP contribution is -2.51. The maximum atomic E-state index is 12.2. The molecule has 0 bridgehead atoms. The van der Waals surface area contributed by atoms with Crippen molar-refractivity contribution >= 4 is 5.91 Å². The fraction of sp³-hybridized carbons (Fsp3) is 0.938. The lowest BCUT2D eigenvalue weighted by molar-refractivity contribution is -0.124. The van der Waals surface area contributed by atoms with Crippen molar-refractivity contribution in [2.24, 2.45) is 23.0 Å². The van der Waals surface area contributed by atoms with Crippen molar-refractivity contribution in [1.29, 1.82) is 0 Å². The first-order chi connectivity index (χ1) is 8.71. The lowest BCUT2D eigenvalue weighted by Gasteiger charge is -2.41. The fourth-order valence-corrected chi connectivity index (χ4v) is 3.24. The molecule has 1 aliphatic carbocycles. The number of hydrogen-bond donors (Lipinski definition) is 2. The van der Waals surface area contributed by atoms with Gasteiger partial charge in [0.1, 0.15) is 0 Å². The van der Waals surface area contributed by atoms with Gasteiger partial charge >= 0.3 is 0 Å². The summed E-state index contributed by atoms with van der Waals surface area (Å²) in [6, 6.07) is -0.0537. The summed E-state index contributed by atoms with van der Waals surface area (Å²) in [5, 5.41) is 3.22. The van der Waals surface area contributed by atoms with E-state index in [1.807, 2.05) is 0 Å². The second-order valence-electron chi connectivity index (χ2n) is 7.61. The molecule has 0 aromatic rings. The molecule has 0 aromatic heterocycles. The van der Waals surface area contributed by atoms with Crippen LogP contribution in [0.1, 0.15) is 66.7 Å². The van der Waals surface area contributed by atoms with E-state index in [2.05, 4.69) is 39.9 Å². The molecule has 2 unspecified atom stereocenters. The van der Waals surface area contributed by atoms with E-state index in [-0.39, 0.29) is 17.4 Å². The molecule has 1 amide bonds. The summed E-state index contributed by atoms with van der Waals surface area (Å²) < 4.78 is 0. The van der Waals surface area contributed by atoms with Gasteiger partial charge in [-0.2, -0.15) is 0 Å². The Labute approximate surface area is 118 Å². The number of carbonyl (C=O) groups excluding carboxylic acids is 1. The summed E-state index contributed by atoms with van der Waals surface area (Å²) in [5.41, 5.74) is 6.23. The summed E-state index contributed by atoms with van der Waals surface area (Å²) in [4.78, 5) is 12.2. The largest absolute Gasteiger partial charge is 0.352 e. The number of nitrogens with two attached hydrogens (primary N) is 1. The number of carbonyl (C=O) groups is 1. The highest BCUT2D eigenvalue weighted by molar-refractivity contribution is 5.81. The van der Waals surface area contributed by atoms with Gasteiger partial charge in [0.2, 0.25) is 5.91 Å². The molecular formula is C16H32N2O. The number of nitrogens with one attached hydrogen (secondary N) is 1. The van der Waals surface area contributed by atoms with Crippen LogP contribution in [0.25, 0.3) is 0 Å². The topological polar surface area (TPSA) is 55.1 Å². The van der Waals surface area contributed by atoms with E-state index in [0.29, 0.717) is 17.9 Å². The second kappa shape index (κ2) is 6.74. The highest BCUT2D eigenvalue weighted by atomic mass is 16.2. The molecule has 0 aromatic carbocycles. The van der Waals surface area contributed by atoms with Crippen LogP contribution in [-0.2, 0) is 4.79 Å². The molecule has 1 saturated carbocycles. The minimum atomic E-state index is -0.359. The maximum absolute atomic E-state index is 12.2. The van der Waals surface area contributed by atoms with Gasteiger partial charge in [0, 0.05) is 6.04 Å². The molecule has 1 aliphatic rings. The maximum Gasteiger partial charge on any atom is 0.237 e. The van der Waals surface area contributed by atoms with E-state index in [4.69, 9.17) is 5.73 Å². The van der Waals surface area contributed by atoms with E-state index >= 15 is 0 Å². The van der Waals surface area contributed by atoms with Gasteiger partial charge in [0.05, 0.1) is 6.04 Å². The molecule has 1 rings (SSSR count). The average molecular weight is 268 g/mol. The van der Waals surface area contributed by atoms with E-state index in [0.717, 1.165) is 12.8 Å². The molecule has 0 spiro atoms. The standard InChI is InChI=1S/C16H32N2O/c1-11(2)10-13(17)15(19)18-14-9-7-6-8-12(14)16(3,4)5/h11-14H,6-10,17H2,1-5H3,(H,18,19)/t12?,13-,14?/m1/s1. The van der Waals surface area contributed by atoms with E-state index in [1.54, 1.807) is 0 Å². The van der Waals surface area contributed by atoms with Gasteiger partial charge in [-0.05, 0) is 36.5 Å². The highest BCUT2D eigenvalue weighted by Crippen LogP contribution is 2.38. The summed E-state index contributed by atoms with van der Waals surface area (Å²) in [6.45, 7) is 11.0. The third-order valence-corrected chi connectivity index (χ3v) is 4.27. The Morgan fingerprint density at radius 2 is 1.84 bits per heavy atom. The molecule has 3 nitrogen and oxygen atoms in total. The molecule has 1 fully saturated rings. The van der Waals surface area contributed by atoms with Gasteiger partial charge in [0.15, 0.2) is 0 Å². The normalized spacial score (nSPS) is 26.3. The molecule has 19 heavy (non-hydrogen) atoms. The molecule has 0 radical (unpaired) electrons. The van der Waals surface area contributed by atoms with Crippen LogP contribution in [0, 0.1) is 17.3 Å². The zero-order chi connectivity index (χ0) is 14.6. The van der Waals surface area contributed by atoms with Crippen LogP contribution in [0.4, 0.5) is 0 Å². The molecule has 3 atom stereocenters. The minimum Gasteiger partial charge on any atom is -0.352 e. The number of rotatable bonds is 4. The van der Waals surface area contributed by atoms with Crippen LogP contribution in [-0.4, -0.2) is 18.0 Å². The van der Waals surface area contributed by atoms with Gasteiger partial charge in [-0.25, -0.2) is 0 Å². The number of hydrogen-bond acceptors (Lipinski definition) is 2. The van der Waals surface area contributed by atoms with Crippen LogP contribution in [0.2, 0.25) is 0 Å². The zero-order valence-corrected chi connectivity index (χ0v) is 13.3. The van der Waals surface area contributed by atoms with E-state index in [1.165, 1.54) is 19.3 Å². The van der Waals surface area contributed by atoms with Crippen molar-refractivity contribution in [3.05, 3.63) is 0 Å². The van der Waals surface area contributed by atoms with E-state index < -0.39 is 0 Å². The molecule has 112 valence electrons. The van der Waals surface area contributed by atoms with Crippen LogP contribution >= 0.6 is 0 Å². The first kappa shape index (κ1) is 16.5. The fourth-order valence-electron chi connectivity index (χ4n) is 3.24. The van der Waals surface area contributed by atoms with Gasteiger partial charge in [-0.15, -0.1) is 0 Å². The first-order valence-corrected chi connectivity index (χ1v) is 7.77. The molecular weight excluding hydrogens is 236 g/mol. The quantitative estimate of drug-likeness (QED) is 0.823. The zero-order valence-electron chi connectivity index (χ0n) is 13.3. The van der Waals surface area contributed by atoms with Gasteiger partial charge in [0.25, 0.3) is 0 Å². The Hall–Kier alpha value is -0.570. The molecule has 0 heterocycles. The Balaban J connectivity index is 2.60. The third kappa shape index (κ3) is 5.13. The Morgan fingerprint density at radius 1 is 1.26 bits per heavy atom. The summed E-state index contributed by atoms with van der Waals surface area (Å²) in [6.07, 6.45) is 5.58. The second-order valence-corrected chi connectivity index (χ2v) is 7.61. The Morgan fingerprint density at radius 3 is 2.37 bits per heavy atom. The van der Waals surface area contributed by atoms with Crippen LogP contribution in [0.15, 0.2) is 0 Å². The predicted molar refractivity (Wildman–Crippen MR) is 80.8 cm³/mol. The molecule has 3 heteroatoms. The summed E-state index contributed by atoms with van der Waals surface area (Å²) in [7, 11) is 0. The van der Waals surface area contributed by atoms with Crippen LogP contribution < -0.4 is 11.1 Å². The monoisotopic (exact) mass is 268 g/mol.